The first-order valence-electron chi connectivity index (χ1n) is 8.90. The van der Waals surface area contributed by atoms with Crippen LogP contribution in [0.15, 0.2) is 0 Å². The van der Waals surface area contributed by atoms with E-state index in [1.807, 2.05) is 6.92 Å². The van der Waals surface area contributed by atoms with Crippen molar-refractivity contribution in [3.8, 4) is 0 Å². The minimum absolute atomic E-state index is 0.00391. The summed E-state index contributed by atoms with van der Waals surface area (Å²) >= 11 is 0. The molecule has 0 radical (unpaired) electrons. The third-order valence-corrected chi connectivity index (χ3v) is 4.98. The zero-order valence-electron chi connectivity index (χ0n) is 14.4. The van der Waals surface area contributed by atoms with E-state index >= 15 is 0 Å². The average molecular weight is 311 g/mol. The summed E-state index contributed by atoms with van der Waals surface area (Å²) in [6.45, 7) is 4.30. The molecule has 2 aliphatic rings. The summed E-state index contributed by atoms with van der Waals surface area (Å²) in [5, 5.41) is 6.64. The van der Waals surface area contributed by atoms with Crippen LogP contribution >= 0.6 is 0 Å². The molecule has 0 aromatic rings. The summed E-state index contributed by atoms with van der Waals surface area (Å²) in [7, 11) is 4.12. The predicted molar refractivity (Wildman–Crippen MR) is 88.9 cm³/mol. The highest BCUT2D eigenvalue weighted by atomic mass is 16.5. The molecule has 2 fully saturated rings. The molecule has 2 N–H and O–H groups in total. The van der Waals surface area contributed by atoms with Crippen molar-refractivity contribution in [3.05, 3.63) is 0 Å². The first kappa shape index (κ1) is 17.7. The molecule has 1 saturated heterocycles. The van der Waals surface area contributed by atoms with Gasteiger partial charge in [0.25, 0.3) is 0 Å². The second-order valence-corrected chi connectivity index (χ2v) is 7.02. The molecule has 5 heteroatoms. The fourth-order valence-corrected chi connectivity index (χ4v) is 3.74. The number of ether oxygens (including phenoxy) is 1. The fraction of sp³-hybridized carbons (Fsp3) is 0.941. The van der Waals surface area contributed by atoms with Crippen molar-refractivity contribution >= 4 is 5.91 Å². The van der Waals surface area contributed by atoms with Gasteiger partial charge in [0.15, 0.2) is 0 Å². The molecule has 1 aliphatic carbocycles. The third kappa shape index (κ3) is 5.21. The Bertz CT molecular complexity index is 335. The molecule has 5 nitrogen and oxygen atoms in total. The van der Waals surface area contributed by atoms with E-state index in [1.54, 1.807) is 0 Å². The summed E-state index contributed by atoms with van der Waals surface area (Å²) in [5.41, 5.74) is 0. The number of carbonyl (C=O) groups excluding carboxylic acids is 1. The van der Waals surface area contributed by atoms with Crippen molar-refractivity contribution < 1.29 is 9.53 Å². The van der Waals surface area contributed by atoms with Gasteiger partial charge in [-0.15, -0.1) is 0 Å². The topological polar surface area (TPSA) is 53.6 Å². The van der Waals surface area contributed by atoms with Crippen molar-refractivity contribution in [1.29, 1.82) is 0 Å². The Kier molecular flexibility index (Phi) is 7.12. The number of hydrogen-bond donors (Lipinski definition) is 2. The standard InChI is InChI=1S/C17H33N3O2/c1-4-22-14(9-10-20(2)3)12-18-17(21)16-11-13-7-5-6-8-15(13)19-16/h13-16,19H,4-12H2,1-3H3,(H,18,21). The number of fused-ring (bicyclic) bond motifs is 1. The van der Waals surface area contributed by atoms with Gasteiger partial charge in [-0.05, 0) is 52.6 Å². The monoisotopic (exact) mass is 311 g/mol. The Hall–Kier alpha value is -0.650. The second kappa shape index (κ2) is 8.85. The second-order valence-electron chi connectivity index (χ2n) is 7.02. The first-order valence-corrected chi connectivity index (χ1v) is 8.90. The maximum absolute atomic E-state index is 12.4. The SMILES string of the molecule is CCOC(CCN(C)C)CNC(=O)C1CC2CCCCC2N1. The van der Waals surface area contributed by atoms with Crippen LogP contribution in [-0.2, 0) is 9.53 Å². The van der Waals surface area contributed by atoms with Crippen molar-refractivity contribution in [3.63, 3.8) is 0 Å². The molecule has 2 rings (SSSR count). The van der Waals surface area contributed by atoms with Crippen molar-refractivity contribution in [2.75, 3.05) is 33.8 Å². The van der Waals surface area contributed by atoms with Crippen molar-refractivity contribution in [2.24, 2.45) is 5.92 Å². The van der Waals surface area contributed by atoms with E-state index in [9.17, 15) is 4.79 Å². The van der Waals surface area contributed by atoms with Crippen molar-refractivity contribution in [2.45, 2.75) is 63.6 Å². The number of amides is 1. The van der Waals surface area contributed by atoms with E-state index in [1.165, 1.54) is 25.7 Å². The number of carbonyl (C=O) groups is 1. The molecule has 1 saturated carbocycles. The Labute approximate surface area is 135 Å². The molecule has 4 unspecified atom stereocenters. The minimum Gasteiger partial charge on any atom is -0.377 e. The van der Waals surface area contributed by atoms with Gasteiger partial charge in [0.1, 0.15) is 0 Å². The van der Waals surface area contributed by atoms with E-state index in [0.29, 0.717) is 25.1 Å². The molecular weight excluding hydrogens is 278 g/mol. The highest BCUT2D eigenvalue weighted by molar-refractivity contribution is 5.82. The Morgan fingerprint density at radius 2 is 2.14 bits per heavy atom. The van der Waals surface area contributed by atoms with Gasteiger partial charge in [-0.3, -0.25) is 4.79 Å². The van der Waals surface area contributed by atoms with Crippen LogP contribution < -0.4 is 10.6 Å². The lowest BCUT2D eigenvalue weighted by Gasteiger charge is -2.24. The molecule has 1 aliphatic heterocycles. The van der Waals surface area contributed by atoms with E-state index in [0.717, 1.165) is 19.4 Å². The Morgan fingerprint density at radius 3 is 2.82 bits per heavy atom. The predicted octanol–water partition coefficient (Wildman–Crippen LogP) is 1.38. The molecule has 0 spiro atoms. The van der Waals surface area contributed by atoms with Crippen LogP contribution in [0.5, 0.6) is 0 Å². The van der Waals surface area contributed by atoms with E-state index in [2.05, 4.69) is 29.6 Å². The van der Waals surface area contributed by atoms with Crippen LogP contribution in [0.1, 0.15) is 45.4 Å². The summed E-state index contributed by atoms with van der Waals surface area (Å²) < 4.78 is 5.74. The third-order valence-electron chi connectivity index (χ3n) is 4.98. The molecule has 22 heavy (non-hydrogen) atoms. The van der Waals surface area contributed by atoms with Gasteiger partial charge in [-0.2, -0.15) is 0 Å². The largest absolute Gasteiger partial charge is 0.377 e. The van der Waals surface area contributed by atoms with Gasteiger partial charge in [0.05, 0.1) is 12.1 Å². The van der Waals surface area contributed by atoms with Crippen LogP contribution in [-0.4, -0.2) is 62.8 Å². The van der Waals surface area contributed by atoms with Crippen LogP contribution in [0.25, 0.3) is 0 Å². The Morgan fingerprint density at radius 1 is 1.36 bits per heavy atom. The number of nitrogens with zero attached hydrogens (tertiary/aromatic N) is 1. The lowest BCUT2D eigenvalue weighted by Crippen LogP contribution is -2.45. The van der Waals surface area contributed by atoms with Gasteiger partial charge in [-0.1, -0.05) is 12.8 Å². The normalized spacial score (nSPS) is 29.4. The quantitative estimate of drug-likeness (QED) is 0.711. The fourth-order valence-electron chi connectivity index (χ4n) is 3.74. The first-order chi connectivity index (χ1) is 10.6. The molecule has 1 amide bonds. The van der Waals surface area contributed by atoms with Crippen molar-refractivity contribution in [1.82, 2.24) is 15.5 Å². The smallest absolute Gasteiger partial charge is 0.237 e. The maximum Gasteiger partial charge on any atom is 0.237 e. The molecule has 4 atom stereocenters. The van der Waals surface area contributed by atoms with Crippen LogP contribution in [0.3, 0.4) is 0 Å². The maximum atomic E-state index is 12.4. The van der Waals surface area contributed by atoms with Gasteiger partial charge >= 0.3 is 0 Å². The van der Waals surface area contributed by atoms with Crippen LogP contribution in [0.4, 0.5) is 0 Å². The summed E-state index contributed by atoms with van der Waals surface area (Å²) in [6.07, 6.45) is 7.22. The Balaban J connectivity index is 1.73. The highest BCUT2D eigenvalue weighted by Crippen LogP contribution is 2.33. The van der Waals surface area contributed by atoms with Gasteiger partial charge < -0.3 is 20.3 Å². The van der Waals surface area contributed by atoms with Gasteiger partial charge in [0, 0.05) is 25.7 Å². The highest BCUT2D eigenvalue weighted by Gasteiger charge is 2.38. The van der Waals surface area contributed by atoms with E-state index in [4.69, 9.17) is 4.74 Å². The van der Waals surface area contributed by atoms with Crippen LogP contribution in [0, 0.1) is 5.92 Å². The molecule has 1 heterocycles. The summed E-state index contributed by atoms with van der Waals surface area (Å²) in [6, 6.07) is 0.574. The van der Waals surface area contributed by atoms with E-state index < -0.39 is 0 Å². The average Bonchev–Trinajstić information content (AvgIpc) is 2.93. The number of rotatable bonds is 8. The molecule has 0 aromatic heterocycles. The molecule has 128 valence electrons. The lowest BCUT2D eigenvalue weighted by molar-refractivity contribution is -0.123. The lowest BCUT2D eigenvalue weighted by atomic mass is 9.85. The van der Waals surface area contributed by atoms with Gasteiger partial charge in [-0.25, -0.2) is 0 Å². The summed E-state index contributed by atoms with van der Waals surface area (Å²) in [5.74, 6) is 0.866. The zero-order chi connectivity index (χ0) is 15.9. The number of hydrogen-bond acceptors (Lipinski definition) is 4. The van der Waals surface area contributed by atoms with Crippen LogP contribution in [0.2, 0.25) is 0 Å². The van der Waals surface area contributed by atoms with E-state index in [-0.39, 0.29) is 18.1 Å². The molecular formula is C17H33N3O2. The number of nitrogens with one attached hydrogen (secondary N) is 2. The zero-order valence-corrected chi connectivity index (χ0v) is 14.4. The molecule has 0 bridgehead atoms. The van der Waals surface area contributed by atoms with Gasteiger partial charge in [0.2, 0.25) is 5.91 Å². The minimum atomic E-state index is 0.00391. The summed E-state index contributed by atoms with van der Waals surface area (Å²) in [4.78, 5) is 14.5. The molecule has 0 aromatic carbocycles.